The molecule has 2 aromatic carbocycles. The Morgan fingerprint density at radius 2 is 1.89 bits per heavy atom. The smallest absolute Gasteiger partial charge is 0.335 e. The molecular weight excluding hydrogens is 228 g/mol. The number of carbonyl (C=O) groups is 1. The number of benzene rings is 2. The highest BCUT2D eigenvalue weighted by atomic mass is 16.5. The lowest BCUT2D eigenvalue weighted by atomic mass is 9.98. The summed E-state index contributed by atoms with van der Waals surface area (Å²) in [7, 11) is 1.61. The molecule has 1 N–H and O–H groups in total. The van der Waals surface area contributed by atoms with Gasteiger partial charge in [-0.25, -0.2) is 4.79 Å². The van der Waals surface area contributed by atoms with Crippen molar-refractivity contribution in [2.75, 3.05) is 7.11 Å². The predicted octanol–water partition coefficient (Wildman–Crippen LogP) is 3.37. The van der Waals surface area contributed by atoms with Crippen LogP contribution in [0.5, 0.6) is 5.75 Å². The number of carboxylic acids is 1. The summed E-state index contributed by atoms with van der Waals surface area (Å²) in [6.07, 6.45) is 0. The molecule has 18 heavy (non-hydrogen) atoms. The Bertz CT molecular complexity index is 588. The van der Waals surface area contributed by atoms with E-state index in [0.717, 1.165) is 22.4 Å². The molecule has 0 aromatic heterocycles. The molecular formula is C15H14O3. The van der Waals surface area contributed by atoms with Crippen molar-refractivity contribution >= 4 is 5.97 Å². The van der Waals surface area contributed by atoms with E-state index < -0.39 is 5.97 Å². The van der Waals surface area contributed by atoms with Crippen LogP contribution in [0.15, 0.2) is 42.5 Å². The van der Waals surface area contributed by atoms with Crippen LogP contribution in [0.4, 0.5) is 0 Å². The maximum absolute atomic E-state index is 11.0. The number of ether oxygens (including phenoxy) is 1. The van der Waals surface area contributed by atoms with Gasteiger partial charge in [-0.3, -0.25) is 0 Å². The molecule has 2 rings (SSSR count). The van der Waals surface area contributed by atoms with E-state index in [4.69, 9.17) is 9.84 Å². The van der Waals surface area contributed by atoms with Crippen molar-refractivity contribution in [3.63, 3.8) is 0 Å². The first-order valence-electron chi connectivity index (χ1n) is 5.61. The highest BCUT2D eigenvalue weighted by Crippen LogP contribution is 2.33. The number of hydrogen-bond acceptors (Lipinski definition) is 2. The van der Waals surface area contributed by atoms with Crippen molar-refractivity contribution in [1.82, 2.24) is 0 Å². The number of methoxy groups -OCH3 is 1. The van der Waals surface area contributed by atoms with Crippen molar-refractivity contribution in [3.8, 4) is 16.9 Å². The second-order valence-corrected chi connectivity index (χ2v) is 4.04. The van der Waals surface area contributed by atoms with Crippen LogP contribution >= 0.6 is 0 Å². The molecule has 0 spiro atoms. The lowest BCUT2D eigenvalue weighted by Crippen LogP contribution is -1.97. The average Bonchev–Trinajstić information content (AvgIpc) is 2.38. The Labute approximate surface area is 106 Å². The van der Waals surface area contributed by atoms with Gasteiger partial charge in [0, 0.05) is 5.56 Å². The lowest BCUT2D eigenvalue weighted by Gasteiger charge is -2.12. The molecule has 0 heterocycles. The van der Waals surface area contributed by atoms with Gasteiger partial charge in [-0.1, -0.05) is 24.3 Å². The average molecular weight is 242 g/mol. The summed E-state index contributed by atoms with van der Waals surface area (Å²) in [5.41, 5.74) is 3.11. The molecule has 3 heteroatoms. The van der Waals surface area contributed by atoms with Gasteiger partial charge in [-0.2, -0.15) is 0 Å². The summed E-state index contributed by atoms with van der Waals surface area (Å²) >= 11 is 0. The quantitative estimate of drug-likeness (QED) is 0.897. The molecule has 0 amide bonds. The minimum absolute atomic E-state index is 0.276. The van der Waals surface area contributed by atoms with E-state index >= 15 is 0 Å². The van der Waals surface area contributed by atoms with Crippen molar-refractivity contribution in [2.45, 2.75) is 6.92 Å². The topological polar surface area (TPSA) is 46.5 Å². The zero-order chi connectivity index (χ0) is 13.1. The molecule has 0 aliphatic carbocycles. The summed E-state index contributed by atoms with van der Waals surface area (Å²) in [4.78, 5) is 11.0. The standard InChI is InChI=1S/C15H14O3/c1-10-5-3-8-13(18-2)14(10)11-6-4-7-12(9-11)15(16)17/h3-9H,1-2H3,(H,16,17). The number of hydrogen-bond donors (Lipinski definition) is 1. The molecule has 3 nitrogen and oxygen atoms in total. The van der Waals surface area contributed by atoms with Crippen LogP contribution in [0, 0.1) is 6.92 Å². The highest BCUT2D eigenvalue weighted by molar-refractivity contribution is 5.90. The molecule has 0 aliphatic rings. The predicted molar refractivity (Wildman–Crippen MR) is 70.1 cm³/mol. The number of aryl methyl sites for hydroxylation is 1. The van der Waals surface area contributed by atoms with Gasteiger partial charge >= 0.3 is 5.97 Å². The third-order valence-corrected chi connectivity index (χ3v) is 2.85. The SMILES string of the molecule is COc1cccc(C)c1-c1cccc(C(=O)O)c1. The Morgan fingerprint density at radius 3 is 2.56 bits per heavy atom. The van der Waals surface area contributed by atoms with Crippen LogP contribution in [0.25, 0.3) is 11.1 Å². The highest BCUT2D eigenvalue weighted by Gasteiger charge is 2.10. The number of carboxylic acid groups (broad SMARTS) is 1. The lowest BCUT2D eigenvalue weighted by molar-refractivity contribution is 0.0697. The van der Waals surface area contributed by atoms with Gasteiger partial charge in [0.1, 0.15) is 5.75 Å². The van der Waals surface area contributed by atoms with Crippen molar-refractivity contribution in [3.05, 3.63) is 53.6 Å². The van der Waals surface area contributed by atoms with E-state index in [9.17, 15) is 4.79 Å². The zero-order valence-corrected chi connectivity index (χ0v) is 10.3. The molecule has 0 fully saturated rings. The first-order chi connectivity index (χ1) is 8.63. The maximum Gasteiger partial charge on any atom is 0.335 e. The monoisotopic (exact) mass is 242 g/mol. The fourth-order valence-corrected chi connectivity index (χ4v) is 1.99. The fourth-order valence-electron chi connectivity index (χ4n) is 1.99. The molecule has 0 saturated carbocycles. The van der Waals surface area contributed by atoms with Crippen LogP contribution in [-0.2, 0) is 0 Å². The van der Waals surface area contributed by atoms with Gasteiger partial charge in [0.25, 0.3) is 0 Å². The number of rotatable bonds is 3. The van der Waals surface area contributed by atoms with Crippen LogP contribution in [0.3, 0.4) is 0 Å². The van der Waals surface area contributed by atoms with Gasteiger partial charge in [0.2, 0.25) is 0 Å². The Hall–Kier alpha value is -2.29. The van der Waals surface area contributed by atoms with Crippen LogP contribution in [-0.4, -0.2) is 18.2 Å². The van der Waals surface area contributed by atoms with E-state index in [-0.39, 0.29) is 5.56 Å². The molecule has 0 atom stereocenters. The first-order valence-corrected chi connectivity index (χ1v) is 5.61. The fraction of sp³-hybridized carbons (Fsp3) is 0.133. The van der Waals surface area contributed by atoms with Crippen LogP contribution in [0.1, 0.15) is 15.9 Å². The molecule has 0 bridgehead atoms. The maximum atomic E-state index is 11.0. The first kappa shape index (κ1) is 12.2. The Morgan fingerprint density at radius 1 is 1.17 bits per heavy atom. The molecule has 0 aliphatic heterocycles. The molecule has 2 aromatic rings. The normalized spacial score (nSPS) is 10.1. The third kappa shape index (κ3) is 2.20. The van der Waals surface area contributed by atoms with E-state index in [0.29, 0.717) is 0 Å². The summed E-state index contributed by atoms with van der Waals surface area (Å²) in [6, 6.07) is 12.6. The summed E-state index contributed by atoms with van der Waals surface area (Å²) in [6.45, 7) is 1.98. The number of aromatic carboxylic acids is 1. The van der Waals surface area contributed by atoms with Gasteiger partial charge in [-0.15, -0.1) is 0 Å². The van der Waals surface area contributed by atoms with Crippen LogP contribution < -0.4 is 4.74 Å². The second kappa shape index (κ2) is 4.92. The van der Waals surface area contributed by atoms with Gasteiger partial charge in [-0.05, 0) is 36.2 Å². The van der Waals surface area contributed by atoms with E-state index in [1.54, 1.807) is 25.3 Å². The van der Waals surface area contributed by atoms with Crippen molar-refractivity contribution in [2.24, 2.45) is 0 Å². The van der Waals surface area contributed by atoms with Crippen molar-refractivity contribution < 1.29 is 14.6 Å². The van der Waals surface area contributed by atoms with E-state index in [1.807, 2.05) is 31.2 Å². The van der Waals surface area contributed by atoms with Gasteiger partial charge in [0.05, 0.1) is 12.7 Å². The summed E-state index contributed by atoms with van der Waals surface area (Å²) < 4.78 is 5.33. The van der Waals surface area contributed by atoms with Gasteiger partial charge < -0.3 is 9.84 Å². The summed E-state index contributed by atoms with van der Waals surface area (Å²) in [5.74, 6) is -0.179. The Balaban J connectivity index is 2.61. The minimum atomic E-state index is -0.926. The zero-order valence-electron chi connectivity index (χ0n) is 10.3. The summed E-state index contributed by atoms with van der Waals surface area (Å²) in [5, 5.41) is 9.02. The second-order valence-electron chi connectivity index (χ2n) is 4.04. The third-order valence-electron chi connectivity index (χ3n) is 2.85. The largest absolute Gasteiger partial charge is 0.496 e. The molecule has 0 radical (unpaired) electrons. The molecule has 0 unspecified atom stereocenters. The molecule has 92 valence electrons. The van der Waals surface area contributed by atoms with Crippen molar-refractivity contribution in [1.29, 1.82) is 0 Å². The molecule has 0 saturated heterocycles. The Kier molecular flexibility index (Phi) is 3.33. The minimum Gasteiger partial charge on any atom is -0.496 e. The van der Waals surface area contributed by atoms with Gasteiger partial charge in [0.15, 0.2) is 0 Å². The van der Waals surface area contributed by atoms with Crippen LogP contribution in [0.2, 0.25) is 0 Å². The van der Waals surface area contributed by atoms with E-state index in [2.05, 4.69) is 0 Å². The van der Waals surface area contributed by atoms with E-state index in [1.165, 1.54) is 0 Å².